The van der Waals surface area contributed by atoms with Gasteiger partial charge >= 0.3 is 5.97 Å². The van der Waals surface area contributed by atoms with Crippen LogP contribution < -0.4 is 10.5 Å². The maximum Gasteiger partial charge on any atom is 0.308 e. The molecule has 0 saturated heterocycles. The van der Waals surface area contributed by atoms with E-state index in [1.165, 1.54) is 6.92 Å². The van der Waals surface area contributed by atoms with Crippen LogP contribution in [-0.2, 0) is 4.79 Å². The number of hydrogen-bond acceptors (Lipinski definition) is 3. The van der Waals surface area contributed by atoms with Crippen LogP contribution in [0, 0.1) is 0 Å². The van der Waals surface area contributed by atoms with Gasteiger partial charge in [0.25, 0.3) is 0 Å². The van der Waals surface area contributed by atoms with E-state index in [0.29, 0.717) is 5.75 Å². The summed E-state index contributed by atoms with van der Waals surface area (Å²) in [4.78, 5) is 10.8. The molecule has 0 bridgehead atoms. The average Bonchev–Trinajstić information content (AvgIpc) is 2.39. The van der Waals surface area contributed by atoms with Crippen molar-refractivity contribution in [2.45, 2.75) is 6.92 Å². The lowest BCUT2D eigenvalue weighted by Gasteiger charge is -2.01. The topological polar surface area (TPSA) is 52.3 Å². The molecule has 0 atom stereocenters. The van der Waals surface area contributed by atoms with Crippen LogP contribution in [0.15, 0.2) is 48.5 Å². The summed E-state index contributed by atoms with van der Waals surface area (Å²) in [6, 6.07) is 15.0. The van der Waals surface area contributed by atoms with Gasteiger partial charge in [0, 0.05) is 12.6 Å². The van der Waals surface area contributed by atoms with Gasteiger partial charge in [-0.15, -0.1) is 0 Å². The second-order valence-electron chi connectivity index (χ2n) is 4.12. The number of rotatable bonds is 3. The lowest BCUT2D eigenvalue weighted by molar-refractivity contribution is -0.131. The Morgan fingerprint density at radius 1 is 1.05 bits per heavy atom. The molecule has 0 aromatic heterocycles. The fraction of sp³-hybridized carbons (Fsp3) is 0.0625. The van der Waals surface area contributed by atoms with Crippen molar-refractivity contribution in [2.75, 3.05) is 5.73 Å². The first-order valence-corrected chi connectivity index (χ1v) is 5.96. The molecule has 0 fully saturated rings. The third-order valence-electron chi connectivity index (χ3n) is 2.59. The highest BCUT2D eigenvalue weighted by Crippen LogP contribution is 2.17. The van der Waals surface area contributed by atoms with Gasteiger partial charge in [0.1, 0.15) is 5.75 Å². The molecule has 0 radical (unpaired) electrons. The van der Waals surface area contributed by atoms with Crippen molar-refractivity contribution in [1.29, 1.82) is 0 Å². The van der Waals surface area contributed by atoms with Gasteiger partial charge < -0.3 is 10.5 Å². The Morgan fingerprint density at radius 2 is 1.74 bits per heavy atom. The highest BCUT2D eigenvalue weighted by Gasteiger charge is 1.97. The Labute approximate surface area is 112 Å². The zero-order valence-corrected chi connectivity index (χ0v) is 10.7. The summed E-state index contributed by atoms with van der Waals surface area (Å²) < 4.78 is 4.97. The van der Waals surface area contributed by atoms with E-state index in [2.05, 4.69) is 0 Å². The van der Waals surface area contributed by atoms with Gasteiger partial charge in [0.15, 0.2) is 0 Å². The number of carbonyl (C=O) groups excluding carboxylic acids is 1. The summed E-state index contributed by atoms with van der Waals surface area (Å²) in [7, 11) is 0. The van der Waals surface area contributed by atoms with Crippen LogP contribution in [0.25, 0.3) is 12.2 Å². The number of para-hydroxylation sites is 1. The van der Waals surface area contributed by atoms with E-state index in [1.807, 2.05) is 48.6 Å². The Balaban J connectivity index is 2.11. The van der Waals surface area contributed by atoms with E-state index in [4.69, 9.17) is 10.5 Å². The number of anilines is 1. The van der Waals surface area contributed by atoms with E-state index < -0.39 is 0 Å². The first-order chi connectivity index (χ1) is 9.15. The average molecular weight is 253 g/mol. The van der Waals surface area contributed by atoms with Crippen molar-refractivity contribution in [3.05, 3.63) is 59.7 Å². The summed E-state index contributed by atoms with van der Waals surface area (Å²) >= 11 is 0. The van der Waals surface area contributed by atoms with Crippen LogP contribution >= 0.6 is 0 Å². The monoisotopic (exact) mass is 253 g/mol. The zero-order valence-electron chi connectivity index (χ0n) is 10.7. The largest absolute Gasteiger partial charge is 0.427 e. The highest BCUT2D eigenvalue weighted by molar-refractivity contribution is 5.76. The smallest absolute Gasteiger partial charge is 0.308 e. The molecule has 0 amide bonds. The number of hydrogen-bond donors (Lipinski definition) is 1. The minimum Gasteiger partial charge on any atom is -0.427 e. The normalized spacial score (nSPS) is 10.6. The van der Waals surface area contributed by atoms with Crippen molar-refractivity contribution in [3.8, 4) is 5.75 Å². The van der Waals surface area contributed by atoms with Gasteiger partial charge in [0.2, 0.25) is 0 Å². The standard InChI is InChI=1S/C16H15NO2/c1-12(18)19-15-10-7-13(8-11-15)6-9-14-4-2-3-5-16(14)17/h2-11H,17H2,1H3/b9-6+. The summed E-state index contributed by atoms with van der Waals surface area (Å²) in [5, 5.41) is 0. The van der Waals surface area contributed by atoms with E-state index in [1.54, 1.807) is 12.1 Å². The third kappa shape index (κ3) is 3.71. The van der Waals surface area contributed by atoms with Gasteiger partial charge in [-0.2, -0.15) is 0 Å². The van der Waals surface area contributed by atoms with Crippen molar-refractivity contribution >= 4 is 23.8 Å². The van der Waals surface area contributed by atoms with Gasteiger partial charge in [0.05, 0.1) is 0 Å². The predicted octanol–water partition coefficient (Wildman–Crippen LogP) is 3.36. The molecule has 2 aromatic carbocycles. The summed E-state index contributed by atoms with van der Waals surface area (Å²) in [5.41, 5.74) is 8.59. The van der Waals surface area contributed by atoms with Gasteiger partial charge in [-0.3, -0.25) is 4.79 Å². The molecule has 0 saturated carbocycles. The Hall–Kier alpha value is -2.55. The molecule has 2 N–H and O–H groups in total. The molecule has 0 aliphatic rings. The van der Waals surface area contributed by atoms with E-state index in [9.17, 15) is 4.79 Å². The van der Waals surface area contributed by atoms with Crippen LogP contribution in [0.5, 0.6) is 5.75 Å². The number of esters is 1. The summed E-state index contributed by atoms with van der Waals surface area (Å²) in [6.07, 6.45) is 3.92. The molecule has 3 heteroatoms. The van der Waals surface area contributed by atoms with Crippen molar-refractivity contribution in [2.24, 2.45) is 0 Å². The second kappa shape index (κ2) is 5.87. The molecular weight excluding hydrogens is 238 g/mol. The molecular formula is C16H15NO2. The highest BCUT2D eigenvalue weighted by atomic mass is 16.5. The number of benzene rings is 2. The van der Waals surface area contributed by atoms with E-state index in [0.717, 1.165) is 16.8 Å². The minimum absolute atomic E-state index is 0.319. The number of carbonyl (C=O) groups is 1. The maximum absolute atomic E-state index is 10.8. The van der Waals surface area contributed by atoms with Crippen molar-refractivity contribution in [1.82, 2.24) is 0 Å². The third-order valence-corrected chi connectivity index (χ3v) is 2.59. The molecule has 19 heavy (non-hydrogen) atoms. The minimum atomic E-state index is -0.319. The Bertz CT molecular complexity index is 600. The zero-order chi connectivity index (χ0) is 13.7. The van der Waals surface area contributed by atoms with Crippen LogP contribution in [0.2, 0.25) is 0 Å². The maximum atomic E-state index is 10.8. The van der Waals surface area contributed by atoms with E-state index in [-0.39, 0.29) is 5.97 Å². The first-order valence-electron chi connectivity index (χ1n) is 5.96. The molecule has 0 aliphatic heterocycles. The summed E-state index contributed by atoms with van der Waals surface area (Å²) in [5.74, 6) is 0.226. The fourth-order valence-electron chi connectivity index (χ4n) is 1.66. The van der Waals surface area contributed by atoms with Crippen molar-refractivity contribution < 1.29 is 9.53 Å². The van der Waals surface area contributed by atoms with Crippen LogP contribution in [0.3, 0.4) is 0 Å². The Kier molecular flexibility index (Phi) is 3.98. The van der Waals surface area contributed by atoms with Crippen LogP contribution in [0.1, 0.15) is 18.1 Å². The van der Waals surface area contributed by atoms with Crippen LogP contribution in [-0.4, -0.2) is 5.97 Å². The molecule has 0 spiro atoms. The van der Waals surface area contributed by atoms with Crippen LogP contribution in [0.4, 0.5) is 5.69 Å². The molecule has 3 nitrogen and oxygen atoms in total. The number of nitrogens with two attached hydrogens (primary N) is 1. The molecule has 2 rings (SSSR count). The lowest BCUT2D eigenvalue weighted by atomic mass is 10.1. The lowest BCUT2D eigenvalue weighted by Crippen LogP contribution is -2.00. The second-order valence-corrected chi connectivity index (χ2v) is 4.12. The van der Waals surface area contributed by atoms with Gasteiger partial charge in [-0.05, 0) is 29.3 Å². The molecule has 96 valence electrons. The SMILES string of the molecule is CC(=O)Oc1ccc(/C=C/c2ccccc2N)cc1. The quantitative estimate of drug-likeness (QED) is 0.395. The first kappa shape index (κ1) is 12.9. The van der Waals surface area contributed by atoms with Gasteiger partial charge in [-0.25, -0.2) is 0 Å². The fourth-order valence-corrected chi connectivity index (χ4v) is 1.66. The molecule has 0 heterocycles. The number of ether oxygens (including phenoxy) is 1. The molecule has 0 aliphatic carbocycles. The number of nitrogen functional groups attached to an aromatic ring is 1. The molecule has 2 aromatic rings. The van der Waals surface area contributed by atoms with Gasteiger partial charge in [-0.1, -0.05) is 42.5 Å². The summed E-state index contributed by atoms with van der Waals surface area (Å²) in [6.45, 7) is 1.38. The predicted molar refractivity (Wildman–Crippen MR) is 77.5 cm³/mol. The van der Waals surface area contributed by atoms with Crippen molar-refractivity contribution in [3.63, 3.8) is 0 Å². The molecule has 0 unspecified atom stereocenters. The Morgan fingerprint density at radius 3 is 2.37 bits per heavy atom. The van der Waals surface area contributed by atoms with E-state index >= 15 is 0 Å².